The molecule has 10 aromatic rings. The summed E-state index contributed by atoms with van der Waals surface area (Å²) < 4.78 is 0. The highest BCUT2D eigenvalue weighted by molar-refractivity contribution is 6.08. The van der Waals surface area contributed by atoms with Gasteiger partial charge in [0.05, 0.1) is 11.4 Å². The van der Waals surface area contributed by atoms with Crippen molar-refractivity contribution in [3.63, 3.8) is 0 Å². The summed E-state index contributed by atoms with van der Waals surface area (Å²) in [5.41, 5.74) is 15.7. The maximum absolute atomic E-state index is 5.16. The summed E-state index contributed by atoms with van der Waals surface area (Å²) >= 11 is 0. The number of hydrogen-bond acceptors (Lipinski definition) is 4. The lowest BCUT2D eigenvalue weighted by molar-refractivity contribution is 1.07. The molecule has 0 saturated heterocycles. The minimum absolute atomic E-state index is 0.614. The predicted octanol–water partition coefficient (Wildman–Crippen LogP) is 15.4. The van der Waals surface area contributed by atoms with Gasteiger partial charge in [-0.2, -0.15) is 0 Å². The van der Waals surface area contributed by atoms with Crippen molar-refractivity contribution in [3.05, 3.63) is 230 Å². The highest BCUT2D eigenvalue weighted by Crippen LogP contribution is 2.39. The molecule has 0 aliphatic rings. The Morgan fingerprint density at radius 1 is 0.365 bits per heavy atom. The lowest BCUT2D eigenvalue weighted by Gasteiger charge is -2.16. The molecule has 0 aliphatic heterocycles. The Bertz CT molecular complexity index is 3190. The Kier molecular flexibility index (Phi) is 10.7. The second kappa shape index (κ2) is 17.3. The number of benzene rings is 8. The van der Waals surface area contributed by atoms with Crippen LogP contribution in [0.1, 0.15) is 18.2 Å². The zero-order valence-electron chi connectivity index (χ0n) is 34.9. The Balaban J connectivity index is 1.03. The summed E-state index contributed by atoms with van der Waals surface area (Å²) in [7, 11) is 0. The molecule has 0 bridgehead atoms. The lowest BCUT2D eigenvalue weighted by Crippen LogP contribution is -2.00. The van der Waals surface area contributed by atoms with Gasteiger partial charge in [-0.15, -0.1) is 0 Å². The monoisotopic (exact) mass is 806 g/mol. The van der Waals surface area contributed by atoms with Crippen LogP contribution in [0.2, 0.25) is 0 Å². The zero-order valence-corrected chi connectivity index (χ0v) is 34.9. The van der Waals surface area contributed by atoms with E-state index in [1.807, 2.05) is 67.6 Å². The molecule has 0 aliphatic carbocycles. The molecule has 0 N–H and O–H groups in total. The average Bonchev–Trinajstić information content (AvgIpc) is 3.37. The normalized spacial score (nSPS) is 11.3. The fourth-order valence-corrected chi connectivity index (χ4v) is 8.31. The molecule has 63 heavy (non-hydrogen) atoms. The summed E-state index contributed by atoms with van der Waals surface area (Å²) in [6.07, 6.45) is 6.03. The third-order valence-electron chi connectivity index (χ3n) is 11.4. The number of rotatable bonds is 10. The van der Waals surface area contributed by atoms with Crippen LogP contribution in [0.25, 0.3) is 113 Å². The topological polar surface area (TPSA) is 51.6 Å². The second-order valence-corrected chi connectivity index (χ2v) is 15.4. The van der Waals surface area contributed by atoms with Crippen molar-refractivity contribution in [2.24, 2.45) is 0 Å². The lowest BCUT2D eigenvalue weighted by atomic mass is 9.90. The summed E-state index contributed by atoms with van der Waals surface area (Å²) in [5.74, 6) is 1.85. The molecule has 4 nitrogen and oxygen atoms in total. The van der Waals surface area contributed by atoms with Crippen molar-refractivity contribution in [3.8, 4) is 89.9 Å². The van der Waals surface area contributed by atoms with Crippen LogP contribution >= 0.6 is 0 Å². The van der Waals surface area contributed by atoms with Gasteiger partial charge in [-0.25, -0.2) is 19.9 Å². The number of allylic oxidation sites excluding steroid dienone is 1. The standard InChI is InChI=1S/C59H42N4/c1-3-18-54-51(4-2)55-52(27-17-28-53(55)56(60-54)45-23-13-7-14-24-45)44-33-29-42(30-34-44)43-31-35-47(36-32-43)58-61-57(46-25-15-8-16-26-46)62-59(63-58)50-38-48(40-19-9-5-10-20-40)37-49(39-50)41-21-11-6-12-22-41/h3-39H,2H2,1H3/b18-3-. The van der Waals surface area contributed by atoms with E-state index < -0.39 is 0 Å². The molecule has 4 heteroatoms. The summed E-state index contributed by atoms with van der Waals surface area (Å²) in [5, 5.41) is 2.24. The molecule has 0 fully saturated rings. The van der Waals surface area contributed by atoms with Gasteiger partial charge < -0.3 is 0 Å². The van der Waals surface area contributed by atoms with E-state index in [-0.39, 0.29) is 0 Å². The van der Waals surface area contributed by atoms with Crippen molar-refractivity contribution in [2.75, 3.05) is 0 Å². The largest absolute Gasteiger partial charge is 0.247 e. The summed E-state index contributed by atoms with van der Waals surface area (Å²) in [4.78, 5) is 20.5. The molecule has 298 valence electrons. The quantitative estimate of drug-likeness (QED) is 0.138. The Hall–Kier alpha value is -8.34. The van der Waals surface area contributed by atoms with E-state index in [4.69, 9.17) is 19.9 Å². The number of pyridine rings is 1. The van der Waals surface area contributed by atoms with Gasteiger partial charge in [0.25, 0.3) is 0 Å². The maximum Gasteiger partial charge on any atom is 0.164 e. The molecule has 2 aromatic heterocycles. The van der Waals surface area contributed by atoms with Crippen molar-refractivity contribution >= 4 is 22.9 Å². The molecule has 0 saturated carbocycles. The first-order chi connectivity index (χ1) is 31.1. The molecule has 10 rings (SSSR count). The summed E-state index contributed by atoms with van der Waals surface area (Å²) in [6, 6.07) is 71.8. The van der Waals surface area contributed by atoms with E-state index in [1.54, 1.807) is 0 Å². The maximum atomic E-state index is 5.16. The van der Waals surface area contributed by atoms with Crippen LogP contribution in [0.3, 0.4) is 0 Å². The first kappa shape index (κ1) is 38.8. The molecular weight excluding hydrogens is 765 g/mol. The molecule has 0 atom stereocenters. The van der Waals surface area contributed by atoms with Gasteiger partial charge >= 0.3 is 0 Å². The number of hydrogen-bond donors (Lipinski definition) is 0. The van der Waals surface area contributed by atoms with Crippen LogP contribution in [-0.4, -0.2) is 19.9 Å². The van der Waals surface area contributed by atoms with E-state index in [9.17, 15) is 0 Å². The first-order valence-corrected chi connectivity index (χ1v) is 21.2. The van der Waals surface area contributed by atoms with Gasteiger partial charge in [-0.05, 0) is 75.7 Å². The Morgan fingerprint density at radius 2 is 0.778 bits per heavy atom. The van der Waals surface area contributed by atoms with E-state index in [0.717, 1.165) is 94.5 Å². The van der Waals surface area contributed by atoms with Crippen LogP contribution in [0.4, 0.5) is 0 Å². The second-order valence-electron chi connectivity index (χ2n) is 15.4. The zero-order chi connectivity index (χ0) is 42.5. The average molecular weight is 807 g/mol. The fraction of sp³-hybridized carbons (Fsp3) is 0.0169. The molecular formula is C59H42N4. The van der Waals surface area contributed by atoms with E-state index in [2.05, 4.69) is 170 Å². The molecule has 0 spiro atoms. The SMILES string of the molecule is C=Cc1c(/C=C\C)nc(-c2ccccc2)c2cccc(-c3ccc(-c4ccc(-c5nc(-c6ccccc6)nc(-c6cc(-c7ccccc7)cc(-c7ccccc7)c6)n5)cc4)cc3)c12. The number of aromatic nitrogens is 4. The van der Waals surface area contributed by atoms with Crippen LogP contribution < -0.4 is 0 Å². The minimum Gasteiger partial charge on any atom is -0.247 e. The molecule has 0 amide bonds. The van der Waals surface area contributed by atoms with Crippen LogP contribution in [-0.2, 0) is 0 Å². The first-order valence-electron chi connectivity index (χ1n) is 21.2. The van der Waals surface area contributed by atoms with Gasteiger partial charge in [-0.1, -0.05) is 207 Å². The van der Waals surface area contributed by atoms with Gasteiger partial charge in [0.1, 0.15) is 0 Å². The van der Waals surface area contributed by atoms with E-state index in [0.29, 0.717) is 17.5 Å². The van der Waals surface area contributed by atoms with Crippen LogP contribution in [0.15, 0.2) is 219 Å². The van der Waals surface area contributed by atoms with Crippen molar-refractivity contribution in [1.82, 2.24) is 19.9 Å². The summed E-state index contributed by atoms with van der Waals surface area (Å²) in [6.45, 7) is 6.25. The smallest absolute Gasteiger partial charge is 0.164 e. The van der Waals surface area contributed by atoms with Crippen molar-refractivity contribution in [2.45, 2.75) is 6.92 Å². The third kappa shape index (κ3) is 7.90. The Morgan fingerprint density at radius 3 is 1.29 bits per heavy atom. The fourth-order valence-electron chi connectivity index (χ4n) is 8.31. The van der Waals surface area contributed by atoms with Gasteiger partial charge in [0.15, 0.2) is 17.5 Å². The van der Waals surface area contributed by atoms with E-state index >= 15 is 0 Å². The molecule has 8 aromatic carbocycles. The molecule has 0 unspecified atom stereocenters. The number of fused-ring (bicyclic) bond motifs is 1. The predicted molar refractivity (Wildman–Crippen MR) is 263 cm³/mol. The number of nitrogens with zero attached hydrogens (tertiary/aromatic N) is 4. The van der Waals surface area contributed by atoms with Crippen molar-refractivity contribution in [1.29, 1.82) is 0 Å². The Labute approximate surface area is 368 Å². The van der Waals surface area contributed by atoms with Gasteiger partial charge in [-0.3, -0.25) is 0 Å². The van der Waals surface area contributed by atoms with Crippen molar-refractivity contribution < 1.29 is 0 Å². The van der Waals surface area contributed by atoms with Gasteiger partial charge in [0.2, 0.25) is 0 Å². The highest BCUT2D eigenvalue weighted by atomic mass is 15.0. The highest BCUT2D eigenvalue weighted by Gasteiger charge is 2.18. The minimum atomic E-state index is 0.614. The van der Waals surface area contributed by atoms with E-state index in [1.165, 1.54) is 0 Å². The molecule has 0 radical (unpaired) electrons. The van der Waals surface area contributed by atoms with Crippen LogP contribution in [0.5, 0.6) is 0 Å². The molecule has 2 heterocycles. The van der Waals surface area contributed by atoms with Crippen LogP contribution in [0, 0.1) is 0 Å². The third-order valence-corrected chi connectivity index (χ3v) is 11.4. The van der Waals surface area contributed by atoms with Gasteiger partial charge in [0, 0.05) is 38.6 Å².